The third kappa shape index (κ3) is 6.36. The Labute approximate surface area is 214 Å². The average Bonchev–Trinajstić information content (AvgIpc) is 2.83. The summed E-state index contributed by atoms with van der Waals surface area (Å²) in [5, 5.41) is 2.56. The number of hydrogen-bond donors (Lipinski definition) is 1. The van der Waals surface area contributed by atoms with Crippen LogP contribution in [0.25, 0.3) is 0 Å². The highest BCUT2D eigenvalue weighted by molar-refractivity contribution is 14.1. The highest BCUT2D eigenvalue weighted by Crippen LogP contribution is 2.35. The van der Waals surface area contributed by atoms with Gasteiger partial charge in [-0.2, -0.15) is 13.2 Å². The zero-order valence-corrected chi connectivity index (χ0v) is 21.4. The molecule has 1 amide bonds. The van der Waals surface area contributed by atoms with E-state index in [-0.39, 0.29) is 22.1 Å². The van der Waals surface area contributed by atoms with Crippen molar-refractivity contribution in [2.24, 2.45) is 0 Å². The standard InChI is InChI=1S/C23H20F3IN2O5S/c1-33-20-11-10-19(13-21(20)34-2)35(31,32)29(18-5-3-4-15(12-18)23(24,25)26)14-22(30)28-17-8-6-16(27)7-9-17/h3-13H,14H2,1-2H3,(H,28,30). The molecule has 3 aromatic rings. The quantitative estimate of drug-likeness (QED) is 0.352. The number of rotatable bonds is 8. The summed E-state index contributed by atoms with van der Waals surface area (Å²) in [6.45, 7) is -0.774. The number of benzene rings is 3. The lowest BCUT2D eigenvalue weighted by Gasteiger charge is -2.25. The third-order valence-corrected chi connectivity index (χ3v) is 7.31. The van der Waals surface area contributed by atoms with E-state index in [4.69, 9.17) is 9.47 Å². The molecule has 0 fully saturated rings. The normalized spacial score (nSPS) is 11.6. The maximum atomic E-state index is 13.6. The van der Waals surface area contributed by atoms with Gasteiger partial charge in [0.15, 0.2) is 11.5 Å². The second-order valence-electron chi connectivity index (χ2n) is 7.13. The van der Waals surface area contributed by atoms with Gasteiger partial charge in [-0.25, -0.2) is 8.42 Å². The monoisotopic (exact) mass is 620 g/mol. The lowest BCUT2D eigenvalue weighted by molar-refractivity contribution is -0.137. The summed E-state index contributed by atoms with van der Waals surface area (Å²) >= 11 is 2.08. The number of halogens is 4. The minimum Gasteiger partial charge on any atom is -0.493 e. The molecule has 0 unspecified atom stereocenters. The van der Waals surface area contributed by atoms with Crippen molar-refractivity contribution in [2.75, 3.05) is 30.4 Å². The van der Waals surface area contributed by atoms with E-state index in [9.17, 15) is 26.4 Å². The molecule has 3 aromatic carbocycles. The first-order chi connectivity index (χ1) is 16.5. The number of alkyl halides is 3. The maximum Gasteiger partial charge on any atom is 0.416 e. The summed E-state index contributed by atoms with van der Waals surface area (Å²) in [4.78, 5) is 12.5. The van der Waals surface area contributed by atoms with Crippen LogP contribution in [0.5, 0.6) is 11.5 Å². The van der Waals surface area contributed by atoms with E-state index in [1.807, 2.05) is 0 Å². The van der Waals surface area contributed by atoms with Gasteiger partial charge in [0.1, 0.15) is 6.54 Å². The van der Waals surface area contributed by atoms with Gasteiger partial charge in [-0.3, -0.25) is 9.10 Å². The Bertz CT molecular complexity index is 1320. The smallest absolute Gasteiger partial charge is 0.416 e. The average molecular weight is 620 g/mol. The first-order valence-corrected chi connectivity index (χ1v) is 12.4. The maximum absolute atomic E-state index is 13.6. The topological polar surface area (TPSA) is 84.9 Å². The Balaban J connectivity index is 2.05. The van der Waals surface area contributed by atoms with Crippen LogP contribution in [0.4, 0.5) is 24.5 Å². The summed E-state index contributed by atoms with van der Waals surface area (Å²) in [5.41, 5.74) is -0.976. The third-order valence-electron chi connectivity index (χ3n) is 4.82. The van der Waals surface area contributed by atoms with Crippen LogP contribution >= 0.6 is 22.6 Å². The van der Waals surface area contributed by atoms with E-state index in [0.29, 0.717) is 16.1 Å². The summed E-state index contributed by atoms with van der Waals surface area (Å²) in [6, 6.07) is 14.2. The molecule has 3 rings (SSSR count). The molecule has 0 atom stereocenters. The summed E-state index contributed by atoms with van der Waals surface area (Å²) in [7, 11) is -1.82. The molecular weight excluding hydrogens is 600 g/mol. The predicted octanol–water partition coefficient (Wildman–Crippen LogP) is 5.16. The SMILES string of the molecule is COc1ccc(S(=O)(=O)N(CC(=O)Nc2ccc(I)cc2)c2cccc(C(F)(F)F)c2)cc1OC. The number of anilines is 2. The van der Waals surface area contributed by atoms with Crippen LogP contribution in [0.15, 0.2) is 71.6 Å². The van der Waals surface area contributed by atoms with Crippen LogP contribution in [0.3, 0.4) is 0 Å². The minimum atomic E-state index is -4.71. The highest BCUT2D eigenvalue weighted by atomic mass is 127. The molecule has 0 saturated carbocycles. The Morgan fingerprint density at radius 1 is 0.971 bits per heavy atom. The van der Waals surface area contributed by atoms with Gasteiger partial charge >= 0.3 is 6.18 Å². The molecule has 0 spiro atoms. The van der Waals surface area contributed by atoms with E-state index in [1.165, 1.54) is 38.5 Å². The van der Waals surface area contributed by atoms with Gasteiger partial charge in [-0.15, -0.1) is 0 Å². The Morgan fingerprint density at radius 2 is 1.63 bits per heavy atom. The van der Waals surface area contributed by atoms with Crippen LogP contribution in [-0.4, -0.2) is 35.1 Å². The van der Waals surface area contributed by atoms with Gasteiger partial charge in [0, 0.05) is 15.3 Å². The van der Waals surface area contributed by atoms with Crippen molar-refractivity contribution in [1.82, 2.24) is 0 Å². The fraction of sp³-hybridized carbons (Fsp3) is 0.174. The van der Waals surface area contributed by atoms with Crippen LogP contribution in [0.1, 0.15) is 5.56 Å². The molecule has 1 N–H and O–H groups in total. The van der Waals surface area contributed by atoms with Gasteiger partial charge in [0.2, 0.25) is 5.91 Å². The first kappa shape index (κ1) is 26.6. The van der Waals surface area contributed by atoms with Crippen LogP contribution in [0, 0.1) is 3.57 Å². The number of carbonyl (C=O) groups is 1. The summed E-state index contributed by atoms with van der Waals surface area (Å²) in [5.74, 6) is -0.387. The zero-order chi connectivity index (χ0) is 25.8. The number of nitrogens with zero attached hydrogens (tertiary/aromatic N) is 1. The molecule has 0 bridgehead atoms. The van der Waals surface area contributed by atoms with Crippen LogP contribution in [0.2, 0.25) is 0 Å². The van der Waals surface area contributed by atoms with Gasteiger partial charge in [-0.05, 0) is 77.2 Å². The van der Waals surface area contributed by atoms with Crippen molar-refractivity contribution >= 4 is 49.9 Å². The highest BCUT2D eigenvalue weighted by Gasteiger charge is 2.33. The number of hydrogen-bond acceptors (Lipinski definition) is 5. The molecule has 0 heterocycles. The Morgan fingerprint density at radius 3 is 2.23 bits per heavy atom. The lowest BCUT2D eigenvalue weighted by atomic mass is 10.2. The number of nitrogens with one attached hydrogen (secondary N) is 1. The van der Waals surface area contributed by atoms with Crippen molar-refractivity contribution in [1.29, 1.82) is 0 Å². The number of ether oxygens (including phenoxy) is 2. The molecule has 0 aliphatic heterocycles. The molecular formula is C23H20F3IN2O5S. The van der Waals surface area contributed by atoms with E-state index in [2.05, 4.69) is 27.9 Å². The molecule has 7 nitrogen and oxygen atoms in total. The Kier molecular flexibility index (Phi) is 8.15. The molecule has 35 heavy (non-hydrogen) atoms. The molecule has 0 radical (unpaired) electrons. The first-order valence-electron chi connectivity index (χ1n) is 9.93. The van der Waals surface area contributed by atoms with E-state index in [0.717, 1.165) is 15.7 Å². The van der Waals surface area contributed by atoms with E-state index in [1.54, 1.807) is 24.3 Å². The van der Waals surface area contributed by atoms with Gasteiger partial charge in [0.05, 0.1) is 30.4 Å². The second kappa shape index (κ2) is 10.7. The molecule has 186 valence electrons. The fourth-order valence-electron chi connectivity index (χ4n) is 3.12. The second-order valence-corrected chi connectivity index (χ2v) is 10.2. The van der Waals surface area contributed by atoms with Crippen LogP contribution in [-0.2, 0) is 21.0 Å². The van der Waals surface area contributed by atoms with Gasteiger partial charge in [0.25, 0.3) is 10.0 Å². The number of carbonyl (C=O) groups excluding carboxylic acids is 1. The molecule has 0 aromatic heterocycles. The lowest BCUT2D eigenvalue weighted by Crippen LogP contribution is -2.38. The summed E-state index contributed by atoms with van der Waals surface area (Å²) in [6.07, 6.45) is -4.71. The largest absolute Gasteiger partial charge is 0.493 e. The van der Waals surface area contributed by atoms with Crippen LogP contribution < -0.4 is 19.1 Å². The zero-order valence-electron chi connectivity index (χ0n) is 18.5. The number of sulfonamides is 1. The molecule has 12 heteroatoms. The fourth-order valence-corrected chi connectivity index (χ4v) is 4.91. The van der Waals surface area contributed by atoms with Crippen molar-refractivity contribution < 1.29 is 35.9 Å². The number of amides is 1. The predicted molar refractivity (Wildman–Crippen MR) is 133 cm³/mol. The molecule has 0 aliphatic carbocycles. The summed E-state index contributed by atoms with van der Waals surface area (Å²) < 4.78 is 78.9. The van der Waals surface area contributed by atoms with Gasteiger partial charge < -0.3 is 14.8 Å². The van der Waals surface area contributed by atoms with E-state index >= 15 is 0 Å². The van der Waals surface area contributed by atoms with Crippen molar-refractivity contribution in [2.45, 2.75) is 11.1 Å². The Hall–Kier alpha value is -3.00. The molecule has 0 saturated heterocycles. The van der Waals surface area contributed by atoms with Gasteiger partial charge in [-0.1, -0.05) is 6.07 Å². The van der Waals surface area contributed by atoms with Crippen molar-refractivity contribution in [3.63, 3.8) is 0 Å². The van der Waals surface area contributed by atoms with Crippen molar-refractivity contribution in [3.8, 4) is 11.5 Å². The van der Waals surface area contributed by atoms with E-state index < -0.39 is 34.2 Å². The molecule has 0 aliphatic rings. The minimum absolute atomic E-state index is 0.0981. The van der Waals surface area contributed by atoms with Crippen molar-refractivity contribution in [3.05, 3.63) is 75.9 Å². The number of methoxy groups -OCH3 is 2.